The number of halogens is 2. The molecule has 3 nitrogen and oxygen atoms in total. The number of nitrogens with zero attached hydrogens (tertiary/aromatic N) is 2. The zero-order valence-corrected chi connectivity index (χ0v) is 11.6. The molecule has 0 radical (unpaired) electrons. The van der Waals surface area contributed by atoms with Gasteiger partial charge in [-0.1, -0.05) is 30.7 Å². The lowest BCUT2D eigenvalue weighted by atomic mass is 10.1. The molecular weight excluding hydrogens is 265 g/mol. The van der Waals surface area contributed by atoms with E-state index in [1.165, 1.54) is 6.07 Å². The first kappa shape index (κ1) is 13.7. The normalized spacial score (nSPS) is 10.7. The summed E-state index contributed by atoms with van der Waals surface area (Å²) in [5, 5.41) is 0.105. The van der Waals surface area contributed by atoms with Crippen LogP contribution in [-0.4, -0.2) is 9.97 Å². The Labute approximate surface area is 116 Å². The van der Waals surface area contributed by atoms with Gasteiger partial charge in [0.1, 0.15) is 17.5 Å². The highest BCUT2D eigenvalue weighted by Gasteiger charge is 2.11. The smallest absolute Gasteiger partial charge is 0.145 e. The van der Waals surface area contributed by atoms with Crippen molar-refractivity contribution in [3.63, 3.8) is 0 Å². The standard InChI is InChI=1S/C14H15ClFN3/c1-3-11-8(2)14(17)19-12(18-11)7-9-5-4-6-10(15)13(9)16/h4-6H,3,7H2,1-2H3,(H2,17,18,19). The fraction of sp³-hybridized carbons (Fsp3) is 0.286. The van der Waals surface area contributed by atoms with Crippen molar-refractivity contribution in [3.05, 3.63) is 51.7 Å². The van der Waals surface area contributed by atoms with E-state index in [1.807, 2.05) is 13.8 Å². The molecule has 0 bridgehead atoms. The van der Waals surface area contributed by atoms with Crippen LogP contribution in [0.4, 0.5) is 10.2 Å². The number of aromatic nitrogens is 2. The van der Waals surface area contributed by atoms with E-state index in [2.05, 4.69) is 9.97 Å². The molecule has 1 aromatic carbocycles. The molecule has 2 rings (SSSR count). The Morgan fingerprint density at radius 3 is 2.74 bits per heavy atom. The van der Waals surface area contributed by atoms with Crippen LogP contribution in [-0.2, 0) is 12.8 Å². The molecule has 19 heavy (non-hydrogen) atoms. The number of nitrogens with two attached hydrogens (primary N) is 1. The average Bonchev–Trinajstić information content (AvgIpc) is 2.39. The van der Waals surface area contributed by atoms with Crippen LogP contribution in [0.25, 0.3) is 0 Å². The monoisotopic (exact) mass is 279 g/mol. The van der Waals surface area contributed by atoms with Gasteiger partial charge in [0.05, 0.1) is 5.02 Å². The van der Waals surface area contributed by atoms with Gasteiger partial charge in [0.15, 0.2) is 0 Å². The van der Waals surface area contributed by atoms with Crippen molar-refractivity contribution in [2.45, 2.75) is 26.7 Å². The highest BCUT2D eigenvalue weighted by Crippen LogP contribution is 2.21. The maximum absolute atomic E-state index is 13.8. The van der Waals surface area contributed by atoms with Crippen LogP contribution in [0.15, 0.2) is 18.2 Å². The predicted octanol–water partition coefficient (Wildman–Crippen LogP) is 3.31. The average molecular weight is 280 g/mol. The molecule has 0 aliphatic rings. The Balaban J connectivity index is 2.38. The fourth-order valence-electron chi connectivity index (χ4n) is 1.91. The zero-order chi connectivity index (χ0) is 14.0. The number of anilines is 1. The van der Waals surface area contributed by atoms with Gasteiger partial charge in [0, 0.05) is 17.7 Å². The van der Waals surface area contributed by atoms with E-state index in [-0.39, 0.29) is 11.4 Å². The van der Waals surface area contributed by atoms with Gasteiger partial charge in [0.2, 0.25) is 0 Å². The summed E-state index contributed by atoms with van der Waals surface area (Å²) < 4.78 is 13.8. The molecule has 5 heteroatoms. The van der Waals surface area contributed by atoms with Crippen molar-refractivity contribution in [3.8, 4) is 0 Å². The van der Waals surface area contributed by atoms with Gasteiger partial charge in [-0.15, -0.1) is 0 Å². The number of rotatable bonds is 3. The lowest BCUT2D eigenvalue weighted by Crippen LogP contribution is -2.08. The summed E-state index contributed by atoms with van der Waals surface area (Å²) in [6.45, 7) is 3.89. The Hall–Kier alpha value is -1.68. The number of hydrogen-bond donors (Lipinski definition) is 1. The fourth-order valence-corrected chi connectivity index (χ4v) is 2.11. The minimum absolute atomic E-state index is 0.105. The number of aryl methyl sites for hydroxylation is 1. The molecule has 100 valence electrons. The van der Waals surface area contributed by atoms with Gasteiger partial charge in [-0.25, -0.2) is 14.4 Å². The molecular formula is C14H15ClFN3. The lowest BCUT2D eigenvalue weighted by molar-refractivity contribution is 0.612. The molecule has 0 fully saturated rings. The first-order valence-electron chi connectivity index (χ1n) is 6.07. The van der Waals surface area contributed by atoms with E-state index >= 15 is 0 Å². The van der Waals surface area contributed by atoms with Crippen LogP contribution in [0.2, 0.25) is 5.02 Å². The molecule has 0 atom stereocenters. The molecule has 1 aromatic heterocycles. The molecule has 0 aliphatic carbocycles. The molecule has 0 spiro atoms. The highest BCUT2D eigenvalue weighted by molar-refractivity contribution is 6.30. The zero-order valence-electron chi connectivity index (χ0n) is 10.9. The van der Waals surface area contributed by atoms with Gasteiger partial charge in [0.25, 0.3) is 0 Å². The third-order valence-electron chi connectivity index (χ3n) is 3.05. The maximum Gasteiger partial charge on any atom is 0.145 e. The van der Waals surface area contributed by atoms with Crippen LogP contribution in [0.3, 0.4) is 0 Å². The maximum atomic E-state index is 13.8. The highest BCUT2D eigenvalue weighted by atomic mass is 35.5. The van der Waals surface area contributed by atoms with Gasteiger partial charge in [-0.05, 0) is 25.0 Å². The van der Waals surface area contributed by atoms with Crippen molar-refractivity contribution in [2.24, 2.45) is 0 Å². The molecule has 2 aromatic rings. The Bertz CT molecular complexity index is 614. The molecule has 0 saturated carbocycles. The number of benzene rings is 1. The molecule has 1 heterocycles. The van der Waals surface area contributed by atoms with E-state index in [9.17, 15) is 4.39 Å². The van der Waals surface area contributed by atoms with Crippen molar-refractivity contribution in [2.75, 3.05) is 5.73 Å². The predicted molar refractivity (Wildman–Crippen MR) is 74.8 cm³/mol. The molecule has 0 unspecified atom stereocenters. The molecule has 0 aliphatic heterocycles. The van der Waals surface area contributed by atoms with E-state index in [1.54, 1.807) is 12.1 Å². The van der Waals surface area contributed by atoms with Gasteiger partial charge in [-0.3, -0.25) is 0 Å². The third kappa shape index (κ3) is 2.84. The van der Waals surface area contributed by atoms with Crippen molar-refractivity contribution in [1.82, 2.24) is 9.97 Å². The summed E-state index contributed by atoms with van der Waals surface area (Å²) in [4.78, 5) is 8.62. The van der Waals surface area contributed by atoms with E-state index in [0.29, 0.717) is 17.2 Å². The minimum Gasteiger partial charge on any atom is -0.383 e. The first-order valence-corrected chi connectivity index (χ1v) is 6.45. The SMILES string of the molecule is CCc1nc(Cc2cccc(Cl)c2F)nc(N)c1C. The quantitative estimate of drug-likeness (QED) is 0.938. The minimum atomic E-state index is -0.426. The second-order valence-corrected chi connectivity index (χ2v) is 4.75. The van der Waals surface area contributed by atoms with Crippen molar-refractivity contribution >= 4 is 17.4 Å². The van der Waals surface area contributed by atoms with Crippen molar-refractivity contribution < 1.29 is 4.39 Å². The number of nitrogen functional groups attached to an aromatic ring is 1. The molecule has 2 N–H and O–H groups in total. The van der Waals surface area contributed by atoms with Crippen molar-refractivity contribution in [1.29, 1.82) is 0 Å². The Morgan fingerprint density at radius 2 is 2.05 bits per heavy atom. The lowest BCUT2D eigenvalue weighted by Gasteiger charge is -2.09. The summed E-state index contributed by atoms with van der Waals surface area (Å²) in [5.41, 5.74) is 8.10. The summed E-state index contributed by atoms with van der Waals surface area (Å²) in [5.74, 6) is 0.537. The number of hydrogen-bond acceptors (Lipinski definition) is 3. The van der Waals surface area contributed by atoms with Crippen LogP contribution in [0.5, 0.6) is 0 Å². The Kier molecular flexibility index (Phi) is 4.00. The summed E-state index contributed by atoms with van der Waals surface area (Å²) in [6.07, 6.45) is 1.05. The van der Waals surface area contributed by atoms with Crippen LogP contribution >= 0.6 is 11.6 Å². The third-order valence-corrected chi connectivity index (χ3v) is 3.34. The molecule has 0 amide bonds. The summed E-state index contributed by atoms with van der Waals surface area (Å²) in [6, 6.07) is 4.90. The first-order chi connectivity index (χ1) is 9.02. The van der Waals surface area contributed by atoms with E-state index < -0.39 is 5.82 Å². The second kappa shape index (κ2) is 5.53. The van der Waals surface area contributed by atoms with Crippen LogP contribution < -0.4 is 5.73 Å². The van der Waals surface area contributed by atoms with Gasteiger partial charge in [-0.2, -0.15) is 0 Å². The van der Waals surface area contributed by atoms with E-state index in [0.717, 1.165) is 17.7 Å². The summed E-state index contributed by atoms with van der Waals surface area (Å²) in [7, 11) is 0. The second-order valence-electron chi connectivity index (χ2n) is 4.34. The summed E-state index contributed by atoms with van der Waals surface area (Å²) >= 11 is 5.75. The molecule has 0 saturated heterocycles. The van der Waals surface area contributed by atoms with Gasteiger partial charge >= 0.3 is 0 Å². The Morgan fingerprint density at radius 1 is 1.32 bits per heavy atom. The van der Waals surface area contributed by atoms with Crippen LogP contribution in [0.1, 0.15) is 29.6 Å². The topological polar surface area (TPSA) is 51.8 Å². The van der Waals surface area contributed by atoms with Gasteiger partial charge < -0.3 is 5.73 Å². The van der Waals surface area contributed by atoms with E-state index in [4.69, 9.17) is 17.3 Å². The van der Waals surface area contributed by atoms with Crippen LogP contribution in [0, 0.1) is 12.7 Å². The largest absolute Gasteiger partial charge is 0.383 e.